The summed E-state index contributed by atoms with van der Waals surface area (Å²) in [7, 11) is -3.55. The Morgan fingerprint density at radius 2 is 2.11 bits per heavy atom. The van der Waals surface area contributed by atoms with E-state index in [4.69, 9.17) is 10.8 Å². The second-order valence-corrected chi connectivity index (χ2v) is 7.58. The van der Waals surface area contributed by atoms with E-state index in [1.807, 2.05) is 0 Å². The van der Waals surface area contributed by atoms with Crippen LogP contribution in [0.1, 0.15) is 19.3 Å². The molecule has 106 valence electrons. The Hall–Kier alpha value is -0.630. The Morgan fingerprint density at radius 3 is 2.63 bits per heavy atom. The zero-order chi connectivity index (χ0) is 14.1. The molecule has 1 saturated carbocycles. The monoisotopic (exact) mass is 348 g/mol. The maximum atomic E-state index is 12.2. The van der Waals surface area contributed by atoms with Crippen LogP contribution in [0.3, 0.4) is 0 Å². The van der Waals surface area contributed by atoms with Crippen molar-refractivity contribution in [1.82, 2.24) is 4.72 Å². The summed E-state index contributed by atoms with van der Waals surface area (Å²) in [6, 6.07) is 4.60. The van der Waals surface area contributed by atoms with Crippen LogP contribution >= 0.6 is 15.9 Å². The van der Waals surface area contributed by atoms with Crippen LogP contribution in [-0.4, -0.2) is 26.7 Å². The number of halogens is 1. The minimum Gasteiger partial charge on any atom is -0.399 e. The number of hydrogen-bond acceptors (Lipinski definition) is 4. The molecule has 0 bridgehead atoms. The fourth-order valence-corrected chi connectivity index (χ4v) is 4.24. The van der Waals surface area contributed by atoms with Crippen molar-refractivity contribution in [3.63, 3.8) is 0 Å². The lowest BCUT2D eigenvalue weighted by atomic mass is 10.0. The van der Waals surface area contributed by atoms with E-state index in [0.29, 0.717) is 23.1 Å². The molecule has 0 heterocycles. The Morgan fingerprint density at radius 1 is 1.42 bits per heavy atom. The third-order valence-corrected chi connectivity index (χ3v) is 5.86. The molecule has 1 aliphatic rings. The largest absolute Gasteiger partial charge is 0.399 e. The Bertz CT molecular complexity index is 570. The fourth-order valence-electron chi connectivity index (χ4n) is 1.99. The summed E-state index contributed by atoms with van der Waals surface area (Å²) in [5, 5.41) is 8.96. The van der Waals surface area contributed by atoms with E-state index in [1.54, 1.807) is 12.1 Å². The van der Waals surface area contributed by atoms with E-state index in [2.05, 4.69) is 20.7 Å². The number of nitrogens with one attached hydrogen (secondary N) is 1. The van der Waals surface area contributed by atoms with Gasteiger partial charge in [0.1, 0.15) is 0 Å². The van der Waals surface area contributed by atoms with Crippen LogP contribution in [-0.2, 0) is 10.0 Å². The summed E-state index contributed by atoms with van der Waals surface area (Å²) >= 11 is 3.21. The lowest BCUT2D eigenvalue weighted by molar-refractivity contribution is 0.249. The minimum absolute atomic E-state index is 0.0535. The quantitative estimate of drug-likeness (QED) is 0.678. The SMILES string of the molecule is Nc1ccc(S(=O)(=O)NCC2(CCO)CC2)c(Br)c1. The summed E-state index contributed by atoms with van der Waals surface area (Å²) in [4.78, 5) is 0.182. The molecule has 19 heavy (non-hydrogen) atoms. The molecule has 0 aliphatic heterocycles. The van der Waals surface area contributed by atoms with Gasteiger partial charge < -0.3 is 10.8 Å². The summed E-state index contributed by atoms with van der Waals surface area (Å²) in [5.74, 6) is 0. The van der Waals surface area contributed by atoms with Crippen molar-refractivity contribution in [2.24, 2.45) is 5.41 Å². The van der Waals surface area contributed by atoms with E-state index in [9.17, 15) is 8.42 Å². The highest BCUT2D eigenvalue weighted by Gasteiger charge is 2.42. The molecule has 0 radical (unpaired) electrons. The van der Waals surface area contributed by atoms with E-state index in [1.165, 1.54) is 6.07 Å². The molecule has 1 aliphatic carbocycles. The molecule has 7 heteroatoms. The molecule has 0 spiro atoms. The number of aliphatic hydroxyl groups excluding tert-OH is 1. The second kappa shape index (κ2) is 5.40. The zero-order valence-electron chi connectivity index (χ0n) is 10.4. The van der Waals surface area contributed by atoms with Crippen molar-refractivity contribution >= 4 is 31.6 Å². The highest BCUT2D eigenvalue weighted by atomic mass is 79.9. The summed E-state index contributed by atoms with van der Waals surface area (Å²) in [6.07, 6.45) is 2.55. The highest BCUT2D eigenvalue weighted by molar-refractivity contribution is 9.10. The van der Waals surface area contributed by atoms with E-state index < -0.39 is 10.0 Å². The third kappa shape index (κ3) is 3.47. The molecular weight excluding hydrogens is 332 g/mol. The lowest BCUT2D eigenvalue weighted by Gasteiger charge is -2.15. The molecule has 0 atom stereocenters. The van der Waals surface area contributed by atoms with Gasteiger partial charge in [0.15, 0.2) is 0 Å². The first kappa shape index (κ1) is 14.8. The van der Waals surface area contributed by atoms with Gasteiger partial charge in [-0.15, -0.1) is 0 Å². The van der Waals surface area contributed by atoms with Crippen LogP contribution in [0, 0.1) is 5.41 Å². The smallest absolute Gasteiger partial charge is 0.241 e. The summed E-state index contributed by atoms with van der Waals surface area (Å²) < 4.78 is 27.5. The van der Waals surface area contributed by atoms with Gasteiger partial charge in [-0.1, -0.05) is 0 Å². The summed E-state index contributed by atoms with van der Waals surface area (Å²) in [6.45, 7) is 0.458. The number of hydrogen-bond donors (Lipinski definition) is 3. The molecule has 0 saturated heterocycles. The van der Waals surface area contributed by atoms with E-state index >= 15 is 0 Å². The molecule has 0 aromatic heterocycles. The average Bonchev–Trinajstić information content (AvgIpc) is 3.07. The molecule has 1 aromatic carbocycles. The van der Waals surface area contributed by atoms with Gasteiger partial charge in [0.2, 0.25) is 10.0 Å². The minimum atomic E-state index is -3.55. The third-order valence-electron chi connectivity index (χ3n) is 3.48. The van der Waals surface area contributed by atoms with Crippen LogP contribution in [0.2, 0.25) is 0 Å². The van der Waals surface area contributed by atoms with Gasteiger partial charge in [0, 0.05) is 23.3 Å². The summed E-state index contributed by atoms with van der Waals surface area (Å²) in [5.41, 5.74) is 6.04. The van der Waals surface area contributed by atoms with Gasteiger partial charge in [-0.2, -0.15) is 0 Å². The van der Waals surface area contributed by atoms with Gasteiger partial charge in [-0.05, 0) is 58.8 Å². The van der Waals surface area contributed by atoms with E-state index in [0.717, 1.165) is 12.8 Å². The molecule has 5 nitrogen and oxygen atoms in total. The van der Waals surface area contributed by atoms with Crippen molar-refractivity contribution in [2.45, 2.75) is 24.2 Å². The van der Waals surface area contributed by atoms with E-state index in [-0.39, 0.29) is 16.9 Å². The predicted molar refractivity (Wildman–Crippen MR) is 77.1 cm³/mol. The molecule has 1 fully saturated rings. The molecule has 2 rings (SSSR count). The molecule has 1 aromatic rings. The van der Waals surface area contributed by atoms with Crippen molar-refractivity contribution in [3.8, 4) is 0 Å². The standard InChI is InChI=1S/C12H17BrN2O3S/c13-10-7-9(14)1-2-11(10)19(17,18)15-8-12(3-4-12)5-6-16/h1-2,7,15-16H,3-6,8,14H2. The zero-order valence-corrected chi connectivity index (χ0v) is 12.8. The average molecular weight is 349 g/mol. The normalized spacial score (nSPS) is 17.4. The second-order valence-electron chi connectivity index (χ2n) is 4.99. The topological polar surface area (TPSA) is 92.4 Å². The number of nitrogens with two attached hydrogens (primary N) is 1. The van der Waals surface area contributed by atoms with Crippen LogP contribution in [0.5, 0.6) is 0 Å². The number of sulfonamides is 1. The Balaban J connectivity index is 2.10. The molecule has 4 N–H and O–H groups in total. The first-order valence-electron chi connectivity index (χ1n) is 6.04. The number of rotatable bonds is 6. The van der Waals surface area contributed by atoms with Gasteiger partial charge in [-0.25, -0.2) is 13.1 Å². The Labute approximate surface area is 121 Å². The van der Waals surface area contributed by atoms with Gasteiger partial charge in [0.25, 0.3) is 0 Å². The molecule has 0 amide bonds. The predicted octanol–water partition coefficient (Wildman–Crippen LogP) is 1.47. The van der Waals surface area contributed by atoms with Crippen molar-refractivity contribution in [1.29, 1.82) is 0 Å². The number of anilines is 1. The van der Waals surface area contributed by atoms with Crippen LogP contribution in [0.15, 0.2) is 27.6 Å². The van der Waals surface area contributed by atoms with Gasteiger partial charge in [-0.3, -0.25) is 0 Å². The van der Waals surface area contributed by atoms with Gasteiger partial charge >= 0.3 is 0 Å². The lowest BCUT2D eigenvalue weighted by Crippen LogP contribution is -2.31. The van der Waals surface area contributed by atoms with Crippen LogP contribution in [0.25, 0.3) is 0 Å². The maximum absolute atomic E-state index is 12.2. The number of aliphatic hydroxyl groups is 1. The van der Waals surface area contributed by atoms with Crippen LogP contribution in [0.4, 0.5) is 5.69 Å². The molecule has 0 unspecified atom stereocenters. The fraction of sp³-hybridized carbons (Fsp3) is 0.500. The van der Waals surface area contributed by atoms with Crippen molar-refractivity contribution < 1.29 is 13.5 Å². The maximum Gasteiger partial charge on any atom is 0.241 e. The number of nitrogen functional groups attached to an aromatic ring is 1. The van der Waals surface area contributed by atoms with Crippen molar-refractivity contribution in [3.05, 3.63) is 22.7 Å². The number of benzene rings is 1. The highest BCUT2D eigenvalue weighted by Crippen LogP contribution is 2.48. The van der Waals surface area contributed by atoms with Gasteiger partial charge in [0.05, 0.1) is 4.90 Å². The van der Waals surface area contributed by atoms with Crippen molar-refractivity contribution in [2.75, 3.05) is 18.9 Å². The Kier molecular flexibility index (Phi) is 4.20. The molecular formula is C12H17BrN2O3S. The first-order chi connectivity index (χ1) is 8.88. The first-order valence-corrected chi connectivity index (χ1v) is 8.32. The van der Waals surface area contributed by atoms with Crippen LogP contribution < -0.4 is 10.5 Å².